The first-order valence-corrected chi connectivity index (χ1v) is 8.08. The van der Waals surface area contributed by atoms with Crippen molar-refractivity contribution in [2.75, 3.05) is 25.5 Å². The van der Waals surface area contributed by atoms with Gasteiger partial charge in [0.2, 0.25) is 0 Å². The summed E-state index contributed by atoms with van der Waals surface area (Å²) in [6.45, 7) is 1.12. The molecule has 106 valence electrons. The third kappa shape index (κ3) is 2.86. The van der Waals surface area contributed by atoms with Crippen molar-refractivity contribution in [1.29, 1.82) is 0 Å². The molecule has 1 aromatic heterocycles. The van der Waals surface area contributed by atoms with E-state index in [1.165, 1.54) is 35.5 Å². The highest BCUT2D eigenvalue weighted by molar-refractivity contribution is 7.10. The van der Waals surface area contributed by atoms with Crippen LogP contribution >= 0.6 is 11.3 Å². The molecule has 1 N–H and O–H groups in total. The van der Waals surface area contributed by atoms with Gasteiger partial charge in [-0.15, -0.1) is 11.3 Å². The highest BCUT2D eigenvalue weighted by atomic mass is 32.1. The minimum atomic E-state index is 0.462. The summed E-state index contributed by atoms with van der Waals surface area (Å²) in [5.74, 6) is 0. The predicted molar refractivity (Wildman–Crippen MR) is 86.5 cm³/mol. The van der Waals surface area contributed by atoms with Crippen molar-refractivity contribution in [1.82, 2.24) is 10.3 Å². The lowest BCUT2D eigenvalue weighted by atomic mass is 10.1. The van der Waals surface area contributed by atoms with E-state index in [0.29, 0.717) is 6.04 Å². The molecule has 1 unspecified atom stereocenters. The first-order chi connectivity index (χ1) is 9.74. The van der Waals surface area contributed by atoms with Crippen molar-refractivity contribution in [2.45, 2.75) is 25.3 Å². The first kappa shape index (κ1) is 13.6. The number of thiazole rings is 1. The molecule has 1 aliphatic rings. The molecule has 2 heterocycles. The topological polar surface area (TPSA) is 28.2 Å². The molecular formula is C16H21N3S. The van der Waals surface area contributed by atoms with Gasteiger partial charge in [0.15, 0.2) is 0 Å². The Balaban J connectivity index is 1.78. The molecule has 0 radical (unpaired) electrons. The predicted octanol–water partition coefficient (Wildman–Crippen LogP) is 3.69. The second kappa shape index (κ2) is 5.94. The Morgan fingerprint density at radius 1 is 1.20 bits per heavy atom. The van der Waals surface area contributed by atoms with E-state index in [0.717, 1.165) is 12.2 Å². The zero-order valence-electron chi connectivity index (χ0n) is 12.1. The molecule has 1 fully saturated rings. The number of hydrogen-bond acceptors (Lipinski definition) is 4. The number of nitrogens with one attached hydrogen (secondary N) is 1. The average molecular weight is 287 g/mol. The number of benzene rings is 1. The summed E-state index contributed by atoms with van der Waals surface area (Å²) < 4.78 is 0. The van der Waals surface area contributed by atoms with Gasteiger partial charge in [-0.1, -0.05) is 18.6 Å². The quantitative estimate of drug-likeness (QED) is 0.933. The summed E-state index contributed by atoms with van der Waals surface area (Å²) in [4.78, 5) is 6.93. The molecule has 0 spiro atoms. The Morgan fingerprint density at radius 3 is 2.65 bits per heavy atom. The van der Waals surface area contributed by atoms with Gasteiger partial charge in [0.05, 0.1) is 11.7 Å². The smallest absolute Gasteiger partial charge is 0.110 e. The van der Waals surface area contributed by atoms with E-state index in [1.54, 1.807) is 11.3 Å². The van der Waals surface area contributed by atoms with Crippen molar-refractivity contribution in [3.63, 3.8) is 0 Å². The van der Waals surface area contributed by atoms with E-state index in [4.69, 9.17) is 4.98 Å². The zero-order valence-corrected chi connectivity index (χ0v) is 12.9. The number of hydrogen-bond donors (Lipinski definition) is 1. The van der Waals surface area contributed by atoms with Gasteiger partial charge in [0.25, 0.3) is 0 Å². The molecule has 2 aromatic rings. The van der Waals surface area contributed by atoms with E-state index >= 15 is 0 Å². The van der Waals surface area contributed by atoms with Gasteiger partial charge in [0.1, 0.15) is 5.01 Å². The van der Waals surface area contributed by atoms with Crippen LogP contribution in [0.15, 0.2) is 29.6 Å². The van der Waals surface area contributed by atoms with Crippen LogP contribution in [0.2, 0.25) is 0 Å². The van der Waals surface area contributed by atoms with Crippen LogP contribution in [0.4, 0.5) is 5.69 Å². The van der Waals surface area contributed by atoms with Crippen molar-refractivity contribution in [3.8, 4) is 11.3 Å². The molecule has 0 aliphatic carbocycles. The Bertz CT molecular complexity index is 553. The third-order valence-electron chi connectivity index (χ3n) is 3.81. The minimum absolute atomic E-state index is 0.462. The second-order valence-electron chi connectivity index (χ2n) is 5.51. The van der Waals surface area contributed by atoms with Crippen LogP contribution in [0.3, 0.4) is 0 Å². The standard InChI is InChI=1S/C16H21N3S/c1-19(2)13-8-6-12(7-9-13)15-11-20-16(18-15)14-5-3-4-10-17-14/h6-9,11,14,17H,3-5,10H2,1-2H3. The van der Waals surface area contributed by atoms with Gasteiger partial charge >= 0.3 is 0 Å². The lowest BCUT2D eigenvalue weighted by Gasteiger charge is -2.21. The molecule has 0 amide bonds. The first-order valence-electron chi connectivity index (χ1n) is 7.20. The van der Waals surface area contributed by atoms with Gasteiger partial charge in [-0.2, -0.15) is 0 Å². The Hall–Kier alpha value is -1.39. The molecule has 0 bridgehead atoms. The number of aromatic nitrogens is 1. The summed E-state index contributed by atoms with van der Waals surface area (Å²) in [6.07, 6.45) is 3.82. The molecular weight excluding hydrogens is 266 g/mol. The lowest BCUT2D eigenvalue weighted by molar-refractivity contribution is 0.411. The number of anilines is 1. The van der Waals surface area contributed by atoms with Crippen LogP contribution in [0.1, 0.15) is 30.3 Å². The van der Waals surface area contributed by atoms with E-state index in [-0.39, 0.29) is 0 Å². The van der Waals surface area contributed by atoms with E-state index < -0.39 is 0 Å². The van der Waals surface area contributed by atoms with E-state index in [2.05, 4.69) is 54.0 Å². The zero-order chi connectivity index (χ0) is 13.9. The summed E-state index contributed by atoms with van der Waals surface area (Å²) >= 11 is 1.78. The fourth-order valence-corrected chi connectivity index (χ4v) is 3.51. The minimum Gasteiger partial charge on any atom is -0.378 e. The van der Waals surface area contributed by atoms with Crippen LogP contribution in [-0.4, -0.2) is 25.6 Å². The van der Waals surface area contributed by atoms with Crippen LogP contribution < -0.4 is 10.2 Å². The van der Waals surface area contributed by atoms with Gasteiger partial charge in [-0.3, -0.25) is 0 Å². The summed E-state index contributed by atoms with van der Waals surface area (Å²) in [7, 11) is 4.12. The van der Waals surface area contributed by atoms with Crippen LogP contribution in [0.5, 0.6) is 0 Å². The second-order valence-corrected chi connectivity index (χ2v) is 6.40. The fraction of sp³-hybridized carbons (Fsp3) is 0.438. The van der Waals surface area contributed by atoms with Crippen LogP contribution in [0.25, 0.3) is 11.3 Å². The molecule has 3 rings (SSSR count). The number of nitrogens with zero attached hydrogens (tertiary/aromatic N) is 2. The highest BCUT2D eigenvalue weighted by Crippen LogP contribution is 2.30. The van der Waals surface area contributed by atoms with Crippen LogP contribution in [0, 0.1) is 0 Å². The fourth-order valence-electron chi connectivity index (χ4n) is 2.57. The number of piperidine rings is 1. The van der Waals surface area contributed by atoms with Gasteiger partial charge in [-0.25, -0.2) is 4.98 Å². The Labute approximate surface area is 124 Å². The molecule has 4 heteroatoms. The van der Waals surface area contributed by atoms with Crippen molar-refractivity contribution >= 4 is 17.0 Å². The van der Waals surface area contributed by atoms with E-state index in [1.807, 2.05) is 0 Å². The Kier molecular flexibility index (Phi) is 4.03. The van der Waals surface area contributed by atoms with Crippen LogP contribution in [-0.2, 0) is 0 Å². The highest BCUT2D eigenvalue weighted by Gasteiger charge is 2.18. The maximum absolute atomic E-state index is 4.82. The molecule has 0 saturated carbocycles. The third-order valence-corrected chi connectivity index (χ3v) is 4.77. The summed E-state index contributed by atoms with van der Waals surface area (Å²) in [6, 6.07) is 9.06. The summed E-state index contributed by atoms with van der Waals surface area (Å²) in [5, 5.41) is 6.98. The molecule has 1 atom stereocenters. The number of rotatable bonds is 3. The average Bonchev–Trinajstić information content (AvgIpc) is 2.98. The SMILES string of the molecule is CN(C)c1ccc(-c2csc(C3CCCCN3)n2)cc1. The Morgan fingerprint density at radius 2 is 2.00 bits per heavy atom. The maximum Gasteiger partial charge on any atom is 0.110 e. The molecule has 20 heavy (non-hydrogen) atoms. The molecule has 1 aliphatic heterocycles. The van der Waals surface area contributed by atoms with Gasteiger partial charge in [-0.05, 0) is 31.5 Å². The van der Waals surface area contributed by atoms with Gasteiger partial charge < -0.3 is 10.2 Å². The van der Waals surface area contributed by atoms with Gasteiger partial charge in [0, 0.05) is 30.7 Å². The monoisotopic (exact) mass is 287 g/mol. The van der Waals surface area contributed by atoms with Crippen molar-refractivity contribution in [2.24, 2.45) is 0 Å². The molecule has 1 aromatic carbocycles. The summed E-state index contributed by atoms with van der Waals surface area (Å²) in [5.41, 5.74) is 3.52. The van der Waals surface area contributed by atoms with Crippen molar-refractivity contribution in [3.05, 3.63) is 34.7 Å². The largest absolute Gasteiger partial charge is 0.378 e. The lowest BCUT2D eigenvalue weighted by Crippen LogP contribution is -2.26. The van der Waals surface area contributed by atoms with E-state index in [9.17, 15) is 0 Å². The molecule has 1 saturated heterocycles. The normalized spacial score (nSPS) is 19.0. The maximum atomic E-state index is 4.82. The van der Waals surface area contributed by atoms with Crippen molar-refractivity contribution < 1.29 is 0 Å². The molecule has 3 nitrogen and oxygen atoms in total.